The molecular formula is C14H13N3OS. The Morgan fingerprint density at radius 1 is 0.895 bits per heavy atom. The molecule has 0 bridgehead atoms. The zero-order valence-corrected chi connectivity index (χ0v) is 10.9. The van der Waals surface area contributed by atoms with E-state index in [0.717, 1.165) is 5.69 Å². The Bertz CT molecular complexity index is 581. The van der Waals surface area contributed by atoms with E-state index in [1.165, 1.54) is 0 Å². The molecule has 0 spiro atoms. The normalized spacial score (nSPS) is 9.68. The Balaban J connectivity index is 1.96. The molecule has 2 aromatic rings. The fourth-order valence-corrected chi connectivity index (χ4v) is 1.63. The van der Waals surface area contributed by atoms with E-state index in [-0.39, 0.29) is 10.9 Å². The minimum absolute atomic E-state index is 0.105. The number of nitrogen functional groups attached to an aromatic ring is 1. The molecule has 2 rings (SSSR count). The van der Waals surface area contributed by atoms with Crippen molar-refractivity contribution in [3.63, 3.8) is 0 Å². The highest BCUT2D eigenvalue weighted by molar-refractivity contribution is 7.82. The highest BCUT2D eigenvalue weighted by Gasteiger charge is 2.09. The quantitative estimate of drug-likeness (QED) is 0.580. The zero-order valence-electron chi connectivity index (χ0n) is 10.1. The predicted octanol–water partition coefficient (Wildman–Crippen LogP) is 2.65. The average Bonchev–Trinajstić information content (AvgIpc) is 2.42. The van der Waals surface area contributed by atoms with E-state index in [2.05, 4.69) is 10.6 Å². The molecule has 0 saturated heterocycles. The lowest BCUT2D eigenvalue weighted by molar-refractivity contribution is -0.110. The number of nitrogens with one attached hydrogen (secondary N) is 2. The summed E-state index contributed by atoms with van der Waals surface area (Å²) in [5.74, 6) is -0.349. The number of carbonyl (C=O) groups excluding carboxylic acids is 1. The molecule has 0 heterocycles. The summed E-state index contributed by atoms with van der Waals surface area (Å²) in [4.78, 5) is 11.9. The summed E-state index contributed by atoms with van der Waals surface area (Å²) in [5, 5.41) is 5.56. The van der Waals surface area contributed by atoms with Crippen LogP contribution in [-0.4, -0.2) is 10.9 Å². The second-order valence-corrected chi connectivity index (χ2v) is 4.30. The maximum absolute atomic E-state index is 11.8. The van der Waals surface area contributed by atoms with E-state index in [1.54, 1.807) is 36.4 Å². The number of benzene rings is 2. The van der Waals surface area contributed by atoms with Crippen molar-refractivity contribution >= 4 is 40.2 Å². The van der Waals surface area contributed by atoms with Crippen LogP contribution < -0.4 is 16.4 Å². The molecule has 0 fully saturated rings. The minimum atomic E-state index is -0.349. The van der Waals surface area contributed by atoms with Crippen molar-refractivity contribution < 1.29 is 4.79 Å². The van der Waals surface area contributed by atoms with Crippen LogP contribution in [-0.2, 0) is 4.79 Å². The van der Waals surface area contributed by atoms with Gasteiger partial charge in [0.1, 0.15) is 0 Å². The lowest BCUT2D eigenvalue weighted by Gasteiger charge is -2.08. The van der Waals surface area contributed by atoms with Crippen molar-refractivity contribution in [2.24, 2.45) is 0 Å². The third-order valence-electron chi connectivity index (χ3n) is 2.41. The largest absolute Gasteiger partial charge is 0.399 e. The summed E-state index contributed by atoms with van der Waals surface area (Å²) in [6.45, 7) is 0. The van der Waals surface area contributed by atoms with E-state index in [4.69, 9.17) is 18.0 Å². The number of para-hydroxylation sites is 1. The SMILES string of the molecule is Nc1ccc(NC(=S)C(=O)Nc2ccccc2)cc1. The lowest BCUT2D eigenvalue weighted by Crippen LogP contribution is -2.27. The molecule has 2 aromatic carbocycles. The van der Waals surface area contributed by atoms with Crippen molar-refractivity contribution in [3.8, 4) is 0 Å². The molecule has 0 aliphatic rings. The molecule has 0 radical (unpaired) electrons. The van der Waals surface area contributed by atoms with Gasteiger partial charge in [-0.25, -0.2) is 0 Å². The Morgan fingerprint density at radius 2 is 1.47 bits per heavy atom. The van der Waals surface area contributed by atoms with Gasteiger partial charge in [-0.3, -0.25) is 4.79 Å². The van der Waals surface area contributed by atoms with Crippen molar-refractivity contribution in [1.82, 2.24) is 0 Å². The number of thiocarbonyl (C=S) groups is 1. The van der Waals surface area contributed by atoms with Gasteiger partial charge >= 0.3 is 0 Å². The smallest absolute Gasteiger partial charge is 0.283 e. The first-order chi connectivity index (χ1) is 9.15. The summed E-state index contributed by atoms with van der Waals surface area (Å²) < 4.78 is 0. The fourth-order valence-electron chi connectivity index (χ4n) is 1.46. The van der Waals surface area contributed by atoms with Gasteiger partial charge in [-0.2, -0.15) is 0 Å². The first-order valence-electron chi connectivity index (χ1n) is 5.68. The van der Waals surface area contributed by atoms with Gasteiger partial charge in [0.2, 0.25) is 0 Å². The molecule has 0 atom stereocenters. The van der Waals surface area contributed by atoms with E-state index in [9.17, 15) is 4.79 Å². The second-order valence-electron chi connectivity index (χ2n) is 3.90. The van der Waals surface area contributed by atoms with Crippen molar-refractivity contribution in [3.05, 3.63) is 54.6 Å². The highest BCUT2D eigenvalue weighted by Crippen LogP contribution is 2.11. The van der Waals surface area contributed by atoms with Gasteiger partial charge in [-0.15, -0.1) is 0 Å². The molecule has 4 N–H and O–H groups in total. The van der Waals surface area contributed by atoms with Crippen molar-refractivity contribution in [2.45, 2.75) is 0 Å². The molecule has 0 aliphatic heterocycles. The second kappa shape index (κ2) is 5.97. The summed E-state index contributed by atoms with van der Waals surface area (Å²) in [5.41, 5.74) is 7.66. The Hall–Kier alpha value is -2.40. The summed E-state index contributed by atoms with van der Waals surface area (Å²) in [6, 6.07) is 16.1. The van der Waals surface area contributed by atoms with Crippen LogP contribution in [0.2, 0.25) is 0 Å². The lowest BCUT2D eigenvalue weighted by atomic mass is 10.3. The van der Waals surface area contributed by atoms with Gasteiger partial charge < -0.3 is 16.4 Å². The van der Waals surface area contributed by atoms with E-state index in [0.29, 0.717) is 11.4 Å². The Morgan fingerprint density at radius 3 is 2.11 bits per heavy atom. The number of hydrogen-bond acceptors (Lipinski definition) is 3. The topological polar surface area (TPSA) is 67.1 Å². The molecule has 0 unspecified atom stereocenters. The molecule has 4 nitrogen and oxygen atoms in total. The van der Waals surface area contributed by atoms with Gasteiger partial charge in [0.15, 0.2) is 4.99 Å². The van der Waals surface area contributed by atoms with Crippen LogP contribution in [0, 0.1) is 0 Å². The van der Waals surface area contributed by atoms with Crippen LogP contribution >= 0.6 is 12.2 Å². The maximum Gasteiger partial charge on any atom is 0.283 e. The molecule has 19 heavy (non-hydrogen) atoms. The fraction of sp³-hybridized carbons (Fsp3) is 0. The summed E-state index contributed by atoms with van der Waals surface area (Å²) in [6.07, 6.45) is 0. The monoisotopic (exact) mass is 271 g/mol. The standard InChI is InChI=1S/C14H13N3OS/c15-10-6-8-12(9-7-10)17-14(19)13(18)16-11-4-2-1-3-5-11/h1-9H,15H2,(H,16,18)(H,17,19). The summed E-state index contributed by atoms with van der Waals surface area (Å²) in [7, 11) is 0. The third kappa shape index (κ3) is 3.79. The number of rotatable bonds is 2. The zero-order chi connectivity index (χ0) is 13.7. The maximum atomic E-state index is 11.8. The molecule has 1 amide bonds. The van der Waals surface area contributed by atoms with E-state index in [1.807, 2.05) is 18.2 Å². The van der Waals surface area contributed by atoms with Crippen LogP contribution in [0.25, 0.3) is 0 Å². The average molecular weight is 271 g/mol. The number of carbonyl (C=O) groups is 1. The molecule has 0 saturated carbocycles. The van der Waals surface area contributed by atoms with Crippen LogP contribution in [0.15, 0.2) is 54.6 Å². The van der Waals surface area contributed by atoms with Crippen molar-refractivity contribution in [1.29, 1.82) is 0 Å². The van der Waals surface area contributed by atoms with E-state index >= 15 is 0 Å². The van der Waals surface area contributed by atoms with Gasteiger partial charge in [0.25, 0.3) is 5.91 Å². The number of nitrogens with two attached hydrogens (primary N) is 1. The number of anilines is 3. The third-order valence-corrected chi connectivity index (χ3v) is 2.69. The van der Waals surface area contributed by atoms with Crippen LogP contribution in [0.5, 0.6) is 0 Å². The molecular weight excluding hydrogens is 258 g/mol. The predicted molar refractivity (Wildman–Crippen MR) is 82.1 cm³/mol. The van der Waals surface area contributed by atoms with Gasteiger partial charge in [0.05, 0.1) is 0 Å². The number of amides is 1. The molecule has 96 valence electrons. The number of hydrogen-bond donors (Lipinski definition) is 3. The van der Waals surface area contributed by atoms with Crippen LogP contribution in [0.3, 0.4) is 0 Å². The summed E-state index contributed by atoms with van der Waals surface area (Å²) >= 11 is 5.04. The van der Waals surface area contributed by atoms with Gasteiger partial charge in [-0.1, -0.05) is 30.4 Å². The van der Waals surface area contributed by atoms with Crippen LogP contribution in [0.4, 0.5) is 17.1 Å². The molecule has 0 aromatic heterocycles. The minimum Gasteiger partial charge on any atom is -0.399 e. The highest BCUT2D eigenvalue weighted by atomic mass is 32.1. The van der Waals surface area contributed by atoms with Gasteiger partial charge in [-0.05, 0) is 36.4 Å². The first kappa shape index (κ1) is 13.0. The van der Waals surface area contributed by atoms with Crippen LogP contribution in [0.1, 0.15) is 0 Å². The first-order valence-corrected chi connectivity index (χ1v) is 6.09. The molecule has 5 heteroatoms. The Kier molecular flexibility index (Phi) is 4.10. The Labute approximate surface area is 116 Å². The van der Waals surface area contributed by atoms with Crippen molar-refractivity contribution in [2.75, 3.05) is 16.4 Å². The van der Waals surface area contributed by atoms with E-state index < -0.39 is 0 Å². The molecule has 0 aliphatic carbocycles. The van der Waals surface area contributed by atoms with Gasteiger partial charge in [0, 0.05) is 17.1 Å².